The van der Waals surface area contributed by atoms with Crippen molar-refractivity contribution in [3.8, 4) is 5.75 Å². The number of imide groups is 1. The number of carbonyl (C=O) groups excluding carboxylic acids is 2. The summed E-state index contributed by atoms with van der Waals surface area (Å²) in [4.78, 5) is 28.7. The molecule has 0 fully saturated rings. The largest absolute Gasteiger partial charge is 0.491 e. The molecule has 2 amide bonds. The molecule has 1 heterocycles. The Morgan fingerprint density at radius 1 is 0.771 bits per heavy atom. The Balaban J connectivity index is 1.77. The number of rotatable bonds is 7. The molecule has 0 aromatic heterocycles. The predicted octanol–water partition coefficient (Wildman–Crippen LogP) is 6.61. The van der Waals surface area contributed by atoms with Gasteiger partial charge in [0.15, 0.2) is 0 Å². The average molecular weight is 469 g/mol. The first-order valence-corrected chi connectivity index (χ1v) is 12.0. The molecule has 5 nitrogen and oxygen atoms in total. The van der Waals surface area contributed by atoms with Crippen molar-refractivity contribution in [3.63, 3.8) is 0 Å². The van der Waals surface area contributed by atoms with E-state index in [4.69, 9.17) is 4.74 Å². The standard InChI is InChI=1S/C30H32N2O3/c1-18(2)22-7-11-24(12-8-22)31-28-27(23-9-13-26(14-10-23)35-19(3)4)29(33)32(30(28)34)25-16-20(5)15-21(6)17-25/h7-19,31H,1-6H3. The van der Waals surface area contributed by atoms with E-state index in [-0.39, 0.29) is 23.6 Å². The number of ether oxygens (including phenoxy) is 1. The fraction of sp³-hybridized carbons (Fsp3) is 0.267. The maximum Gasteiger partial charge on any atom is 0.282 e. The van der Waals surface area contributed by atoms with Gasteiger partial charge in [-0.25, -0.2) is 4.90 Å². The highest BCUT2D eigenvalue weighted by molar-refractivity contribution is 6.46. The fourth-order valence-corrected chi connectivity index (χ4v) is 4.30. The minimum absolute atomic E-state index is 0.0424. The Labute approximate surface area is 207 Å². The van der Waals surface area contributed by atoms with Crippen molar-refractivity contribution in [1.29, 1.82) is 0 Å². The zero-order chi connectivity index (χ0) is 25.3. The monoisotopic (exact) mass is 468 g/mol. The lowest BCUT2D eigenvalue weighted by Gasteiger charge is -2.17. The quantitative estimate of drug-likeness (QED) is 0.396. The summed E-state index contributed by atoms with van der Waals surface area (Å²) >= 11 is 0. The van der Waals surface area contributed by atoms with Crippen molar-refractivity contribution in [2.24, 2.45) is 0 Å². The molecule has 0 radical (unpaired) electrons. The van der Waals surface area contributed by atoms with Crippen LogP contribution in [0.3, 0.4) is 0 Å². The maximum absolute atomic E-state index is 13.7. The second kappa shape index (κ2) is 9.79. The molecule has 0 saturated carbocycles. The van der Waals surface area contributed by atoms with Crippen molar-refractivity contribution in [2.75, 3.05) is 10.2 Å². The Hall–Kier alpha value is -3.86. The molecule has 4 rings (SSSR count). The molecule has 1 aliphatic rings. The number of benzene rings is 3. The number of hydrogen-bond donors (Lipinski definition) is 1. The van der Waals surface area contributed by atoms with Crippen LogP contribution in [-0.4, -0.2) is 17.9 Å². The van der Waals surface area contributed by atoms with E-state index in [2.05, 4.69) is 19.2 Å². The third-order valence-corrected chi connectivity index (χ3v) is 5.91. The SMILES string of the molecule is Cc1cc(C)cc(N2C(=O)C(Nc3ccc(C(C)C)cc3)=C(c3ccc(OC(C)C)cc3)C2=O)c1. The van der Waals surface area contributed by atoms with Crippen LogP contribution in [0.1, 0.15) is 55.9 Å². The molecule has 0 bridgehead atoms. The van der Waals surface area contributed by atoms with E-state index in [0.29, 0.717) is 28.5 Å². The van der Waals surface area contributed by atoms with E-state index in [9.17, 15) is 9.59 Å². The van der Waals surface area contributed by atoms with Crippen molar-refractivity contribution in [2.45, 2.75) is 53.6 Å². The molecule has 3 aromatic rings. The molecule has 0 unspecified atom stereocenters. The summed E-state index contributed by atoms with van der Waals surface area (Å²) in [6, 6.07) is 21.0. The first-order chi connectivity index (χ1) is 16.6. The summed E-state index contributed by atoms with van der Waals surface area (Å²) in [6.45, 7) is 12.1. The normalized spacial score (nSPS) is 13.9. The van der Waals surface area contributed by atoms with Crippen LogP contribution in [0, 0.1) is 13.8 Å². The van der Waals surface area contributed by atoms with Crippen LogP contribution >= 0.6 is 0 Å². The van der Waals surface area contributed by atoms with Gasteiger partial charge in [-0.1, -0.05) is 44.2 Å². The van der Waals surface area contributed by atoms with Crippen molar-refractivity contribution >= 4 is 28.8 Å². The number of aryl methyl sites for hydroxylation is 2. The molecule has 0 aliphatic carbocycles. The molecule has 35 heavy (non-hydrogen) atoms. The van der Waals surface area contributed by atoms with E-state index in [1.807, 2.05) is 94.4 Å². The molecular weight excluding hydrogens is 436 g/mol. The van der Waals surface area contributed by atoms with Crippen molar-refractivity contribution < 1.29 is 14.3 Å². The first-order valence-electron chi connectivity index (χ1n) is 12.0. The third kappa shape index (κ3) is 5.14. The molecule has 3 aromatic carbocycles. The van der Waals surface area contributed by atoms with Gasteiger partial charge in [0.1, 0.15) is 11.4 Å². The molecular formula is C30H32N2O3. The molecule has 0 atom stereocenters. The van der Waals surface area contributed by atoms with E-state index >= 15 is 0 Å². The minimum atomic E-state index is -0.370. The lowest BCUT2D eigenvalue weighted by atomic mass is 10.0. The van der Waals surface area contributed by atoms with Crippen LogP contribution < -0.4 is 15.0 Å². The summed E-state index contributed by atoms with van der Waals surface area (Å²) in [5.74, 6) is 0.399. The van der Waals surface area contributed by atoms with Gasteiger partial charge in [-0.2, -0.15) is 0 Å². The van der Waals surface area contributed by atoms with Gasteiger partial charge in [-0.05, 0) is 92.3 Å². The van der Waals surface area contributed by atoms with Gasteiger partial charge in [0, 0.05) is 5.69 Å². The maximum atomic E-state index is 13.7. The van der Waals surface area contributed by atoms with Gasteiger partial charge in [-0.3, -0.25) is 9.59 Å². The minimum Gasteiger partial charge on any atom is -0.491 e. The highest BCUT2D eigenvalue weighted by Gasteiger charge is 2.40. The topological polar surface area (TPSA) is 58.6 Å². The van der Waals surface area contributed by atoms with Crippen LogP contribution in [0.4, 0.5) is 11.4 Å². The van der Waals surface area contributed by atoms with Crippen LogP contribution in [0.5, 0.6) is 5.75 Å². The van der Waals surface area contributed by atoms with E-state index in [0.717, 1.165) is 16.8 Å². The summed E-state index contributed by atoms with van der Waals surface area (Å²) in [6.07, 6.45) is 0.0424. The Bertz CT molecular complexity index is 1270. The second-order valence-electron chi connectivity index (χ2n) is 9.63. The summed E-state index contributed by atoms with van der Waals surface area (Å²) < 4.78 is 5.76. The Morgan fingerprint density at radius 2 is 1.37 bits per heavy atom. The third-order valence-electron chi connectivity index (χ3n) is 5.91. The lowest BCUT2D eigenvalue weighted by Crippen LogP contribution is -2.32. The molecule has 180 valence electrons. The lowest BCUT2D eigenvalue weighted by molar-refractivity contribution is -0.120. The van der Waals surface area contributed by atoms with Gasteiger partial charge >= 0.3 is 0 Å². The molecule has 1 N–H and O–H groups in total. The summed E-state index contributed by atoms with van der Waals surface area (Å²) in [5, 5.41) is 3.25. The number of amides is 2. The number of hydrogen-bond acceptors (Lipinski definition) is 4. The molecule has 5 heteroatoms. The number of nitrogens with zero attached hydrogens (tertiary/aromatic N) is 1. The van der Waals surface area contributed by atoms with Crippen LogP contribution in [-0.2, 0) is 9.59 Å². The van der Waals surface area contributed by atoms with Crippen molar-refractivity contribution in [3.05, 3.63) is 94.7 Å². The zero-order valence-corrected chi connectivity index (χ0v) is 21.2. The van der Waals surface area contributed by atoms with Gasteiger partial charge < -0.3 is 10.1 Å². The fourth-order valence-electron chi connectivity index (χ4n) is 4.30. The molecule has 0 saturated heterocycles. The summed E-state index contributed by atoms with van der Waals surface area (Å²) in [5.41, 5.74) is 5.78. The highest BCUT2D eigenvalue weighted by Crippen LogP contribution is 2.35. The smallest absolute Gasteiger partial charge is 0.282 e. The average Bonchev–Trinajstić information content (AvgIpc) is 3.03. The van der Waals surface area contributed by atoms with Gasteiger partial charge in [0.05, 0.1) is 17.4 Å². The molecule has 0 spiro atoms. The van der Waals surface area contributed by atoms with Gasteiger partial charge in [0.25, 0.3) is 11.8 Å². The van der Waals surface area contributed by atoms with Crippen LogP contribution in [0.25, 0.3) is 5.57 Å². The van der Waals surface area contributed by atoms with Crippen LogP contribution in [0.15, 0.2) is 72.4 Å². The number of nitrogens with one attached hydrogen (secondary N) is 1. The molecule has 1 aliphatic heterocycles. The first kappa shape index (κ1) is 24.3. The predicted molar refractivity (Wildman–Crippen MR) is 142 cm³/mol. The van der Waals surface area contributed by atoms with E-state index in [1.54, 1.807) is 0 Å². The Kier molecular flexibility index (Phi) is 6.79. The van der Waals surface area contributed by atoms with Gasteiger partial charge in [-0.15, -0.1) is 0 Å². The summed E-state index contributed by atoms with van der Waals surface area (Å²) in [7, 11) is 0. The van der Waals surface area contributed by atoms with Gasteiger partial charge in [0.2, 0.25) is 0 Å². The number of anilines is 2. The van der Waals surface area contributed by atoms with E-state index in [1.165, 1.54) is 10.5 Å². The highest BCUT2D eigenvalue weighted by atomic mass is 16.5. The Morgan fingerprint density at radius 3 is 1.91 bits per heavy atom. The second-order valence-corrected chi connectivity index (χ2v) is 9.63. The van der Waals surface area contributed by atoms with Crippen molar-refractivity contribution in [1.82, 2.24) is 0 Å². The number of carbonyl (C=O) groups is 2. The van der Waals surface area contributed by atoms with E-state index < -0.39 is 0 Å². The van der Waals surface area contributed by atoms with Crippen LogP contribution in [0.2, 0.25) is 0 Å². The zero-order valence-electron chi connectivity index (χ0n) is 21.2.